The average Bonchev–Trinajstić information content (AvgIpc) is 2.91. The second-order valence-electron chi connectivity index (χ2n) is 4.13. The minimum Gasteiger partial charge on any atom is -0.409 e. The largest absolute Gasteiger partial charge is 0.409 e. The van der Waals surface area contributed by atoms with Crippen molar-refractivity contribution < 1.29 is 9.94 Å². The molecule has 1 aromatic carbocycles. The highest BCUT2D eigenvalue weighted by Gasteiger charge is 2.22. The molecule has 1 aliphatic rings. The Morgan fingerprint density at radius 1 is 1.53 bits per heavy atom. The van der Waals surface area contributed by atoms with Crippen LogP contribution in [0.25, 0.3) is 0 Å². The number of rotatable bonds is 3. The monoisotopic (exact) mass is 235 g/mol. The van der Waals surface area contributed by atoms with Crippen molar-refractivity contribution in [1.29, 1.82) is 0 Å². The van der Waals surface area contributed by atoms with Crippen LogP contribution < -0.4 is 10.6 Å². The summed E-state index contributed by atoms with van der Waals surface area (Å²) in [6.07, 6.45) is 1.00. The molecule has 1 aliphatic heterocycles. The molecular formula is C12H17N3O2. The molecule has 3 N–H and O–H groups in total. The fourth-order valence-electron chi connectivity index (χ4n) is 2.08. The molecule has 17 heavy (non-hydrogen) atoms. The molecule has 0 amide bonds. The van der Waals surface area contributed by atoms with Gasteiger partial charge in [-0.25, -0.2) is 0 Å². The van der Waals surface area contributed by atoms with E-state index in [0.717, 1.165) is 30.9 Å². The van der Waals surface area contributed by atoms with E-state index < -0.39 is 0 Å². The summed E-state index contributed by atoms with van der Waals surface area (Å²) in [5.74, 6) is 0.131. The molecule has 0 radical (unpaired) electrons. The molecule has 0 aromatic heterocycles. The van der Waals surface area contributed by atoms with Crippen LogP contribution in [-0.4, -0.2) is 37.3 Å². The molecule has 1 heterocycles. The molecule has 92 valence electrons. The van der Waals surface area contributed by atoms with Crippen molar-refractivity contribution in [2.24, 2.45) is 10.9 Å². The van der Waals surface area contributed by atoms with Gasteiger partial charge in [0.15, 0.2) is 5.84 Å². The molecule has 0 spiro atoms. The maximum absolute atomic E-state index is 8.78. The van der Waals surface area contributed by atoms with Crippen molar-refractivity contribution in [3.05, 3.63) is 29.8 Å². The summed E-state index contributed by atoms with van der Waals surface area (Å²) in [6, 6.07) is 7.97. The molecule has 5 nitrogen and oxygen atoms in total. The van der Waals surface area contributed by atoms with Gasteiger partial charge in [-0.05, 0) is 18.6 Å². The predicted molar refractivity (Wildman–Crippen MR) is 66.6 cm³/mol. The quantitative estimate of drug-likeness (QED) is 0.355. The van der Waals surface area contributed by atoms with Crippen LogP contribution in [0.2, 0.25) is 0 Å². The number of nitrogens with two attached hydrogens (primary N) is 1. The third kappa shape index (κ3) is 2.34. The van der Waals surface area contributed by atoms with Gasteiger partial charge in [-0.15, -0.1) is 0 Å². The number of anilines is 1. The maximum atomic E-state index is 8.78. The minimum atomic E-state index is 0.131. The van der Waals surface area contributed by atoms with E-state index in [0.29, 0.717) is 6.04 Å². The number of nitrogens with zero attached hydrogens (tertiary/aromatic N) is 2. The number of para-hydroxylation sites is 1. The molecule has 1 fully saturated rings. The summed E-state index contributed by atoms with van der Waals surface area (Å²) in [7, 11) is 2.00. The van der Waals surface area contributed by atoms with Gasteiger partial charge >= 0.3 is 0 Å². The predicted octanol–water partition coefficient (Wildman–Crippen LogP) is 1.01. The van der Waals surface area contributed by atoms with E-state index in [1.807, 2.05) is 31.3 Å². The summed E-state index contributed by atoms with van der Waals surface area (Å²) >= 11 is 0. The number of ether oxygens (including phenoxy) is 1. The van der Waals surface area contributed by atoms with Crippen LogP contribution in [0.1, 0.15) is 12.0 Å². The molecule has 1 atom stereocenters. The number of hydrogen-bond donors (Lipinski definition) is 2. The zero-order valence-electron chi connectivity index (χ0n) is 9.84. The highest BCUT2D eigenvalue weighted by Crippen LogP contribution is 2.23. The van der Waals surface area contributed by atoms with Crippen molar-refractivity contribution in [2.45, 2.75) is 12.5 Å². The highest BCUT2D eigenvalue weighted by molar-refractivity contribution is 6.02. The zero-order chi connectivity index (χ0) is 12.3. The van der Waals surface area contributed by atoms with Crippen molar-refractivity contribution in [1.82, 2.24) is 0 Å². The Labute approximate surface area is 100 Å². The van der Waals surface area contributed by atoms with Crippen molar-refractivity contribution in [2.75, 3.05) is 25.2 Å². The minimum absolute atomic E-state index is 0.131. The van der Waals surface area contributed by atoms with Gasteiger partial charge in [0, 0.05) is 24.9 Å². The average molecular weight is 235 g/mol. The van der Waals surface area contributed by atoms with Crippen LogP contribution in [0.5, 0.6) is 0 Å². The molecule has 0 aliphatic carbocycles. The van der Waals surface area contributed by atoms with E-state index in [4.69, 9.17) is 15.7 Å². The smallest absolute Gasteiger partial charge is 0.172 e. The highest BCUT2D eigenvalue weighted by atomic mass is 16.5. The van der Waals surface area contributed by atoms with Crippen LogP contribution in [-0.2, 0) is 4.74 Å². The lowest BCUT2D eigenvalue weighted by atomic mass is 10.1. The third-order valence-corrected chi connectivity index (χ3v) is 3.12. The molecule has 2 rings (SSSR count). The standard InChI is InChI=1S/C12H17N3O2/c1-15(9-6-7-17-8-9)11-5-3-2-4-10(11)12(13)14-16/h2-5,9,16H,6-8H2,1H3,(H2,13,14). The first-order chi connectivity index (χ1) is 8.24. The van der Waals surface area contributed by atoms with E-state index >= 15 is 0 Å². The lowest BCUT2D eigenvalue weighted by molar-refractivity contribution is 0.193. The third-order valence-electron chi connectivity index (χ3n) is 3.12. The summed E-state index contributed by atoms with van der Waals surface area (Å²) in [4.78, 5) is 2.13. The van der Waals surface area contributed by atoms with Crippen molar-refractivity contribution in [3.8, 4) is 0 Å². The molecule has 1 aromatic rings. The molecule has 0 saturated carbocycles. The molecule has 1 unspecified atom stereocenters. The second-order valence-corrected chi connectivity index (χ2v) is 4.13. The van der Waals surface area contributed by atoms with Crippen molar-refractivity contribution >= 4 is 11.5 Å². The van der Waals surface area contributed by atoms with Gasteiger partial charge < -0.3 is 20.6 Å². The van der Waals surface area contributed by atoms with Crippen LogP contribution in [0.4, 0.5) is 5.69 Å². The van der Waals surface area contributed by atoms with Gasteiger partial charge in [0.2, 0.25) is 0 Å². The van der Waals surface area contributed by atoms with Crippen LogP contribution in [0.15, 0.2) is 29.4 Å². The zero-order valence-corrected chi connectivity index (χ0v) is 9.84. The first-order valence-electron chi connectivity index (χ1n) is 5.61. The normalized spacial score (nSPS) is 20.5. The number of hydrogen-bond acceptors (Lipinski definition) is 4. The van der Waals surface area contributed by atoms with Crippen molar-refractivity contribution in [3.63, 3.8) is 0 Å². The number of likely N-dealkylation sites (N-methyl/N-ethyl adjacent to an activating group) is 1. The number of oxime groups is 1. The molecule has 0 bridgehead atoms. The SMILES string of the molecule is CN(c1ccccc1/C(N)=N/O)C1CCOC1. The number of amidine groups is 1. The maximum Gasteiger partial charge on any atom is 0.172 e. The topological polar surface area (TPSA) is 71.1 Å². The van der Waals surface area contributed by atoms with Crippen LogP contribution >= 0.6 is 0 Å². The summed E-state index contributed by atoms with van der Waals surface area (Å²) in [5.41, 5.74) is 7.37. The van der Waals surface area contributed by atoms with Gasteiger partial charge in [-0.2, -0.15) is 0 Å². The Bertz CT molecular complexity index is 414. The summed E-state index contributed by atoms with van der Waals surface area (Å²) < 4.78 is 5.37. The van der Waals surface area contributed by atoms with E-state index in [2.05, 4.69) is 10.1 Å². The Morgan fingerprint density at radius 3 is 2.94 bits per heavy atom. The van der Waals surface area contributed by atoms with Gasteiger partial charge in [0.1, 0.15) is 0 Å². The van der Waals surface area contributed by atoms with Gasteiger partial charge in [0.25, 0.3) is 0 Å². The van der Waals surface area contributed by atoms with E-state index in [-0.39, 0.29) is 5.84 Å². The van der Waals surface area contributed by atoms with Crippen LogP contribution in [0, 0.1) is 0 Å². The van der Waals surface area contributed by atoms with Gasteiger partial charge in [-0.1, -0.05) is 17.3 Å². The lowest BCUT2D eigenvalue weighted by Crippen LogP contribution is -2.33. The summed E-state index contributed by atoms with van der Waals surface area (Å²) in [5, 5.41) is 11.8. The molecular weight excluding hydrogens is 218 g/mol. The fourth-order valence-corrected chi connectivity index (χ4v) is 2.08. The lowest BCUT2D eigenvalue weighted by Gasteiger charge is -2.27. The first-order valence-corrected chi connectivity index (χ1v) is 5.61. The molecule has 1 saturated heterocycles. The second kappa shape index (κ2) is 5.05. The number of benzene rings is 1. The Kier molecular flexibility index (Phi) is 3.49. The molecule has 5 heteroatoms. The first kappa shape index (κ1) is 11.7. The Morgan fingerprint density at radius 2 is 2.29 bits per heavy atom. The van der Waals surface area contributed by atoms with Gasteiger partial charge in [-0.3, -0.25) is 0 Å². The van der Waals surface area contributed by atoms with E-state index in [9.17, 15) is 0 Å². The van der Waals surface area contributed by atoms with Crippen LogP contribution in [0.3, 0.4) is 0 Å². The summed E-state index contributed by atoms with van der Waals surface area (Å²) in [6.45, 7) is 1.52. The Balaban J connectivity index is 2.30. The Hall–Kier alpha value is -1.75. The fraction of sp³-hybridized carbons (Fsp3) is 0.417. The van der Waals surface area contributed by atoms with Gasteiger partial charge in [0.05, 0.1) is 12.6 Å². The van der Waals surface area contributed by atoms with E-state index in [1.54, 1.807) is 0 Å². The van der Waals surface area contributed by atoms with E-state index in [1.165, 1.54) is 0 Å².